The van der Waals surface area contributed by atoms with Crippen molar-refractivity contribution < 1.29 is 4.79 Å². The second kappa shape index (κ2) is 7.43. The number of aryl methyl sites for hydroxylation is 3. The van der Waals surface area contributed by atoms with Gasteiger partial charge in [-0.3, -0.25) is 4.79 Å². The Morgan fingerprint density at radius 1 is 1.11 bits per heavy atom. The monoisotopic (exact) mass is 358 g/mol. The average Bonchev–Trinajstić information content (AvgIpc) is 3.13. The van der Waals surface area contributed by atoms with Crippen molar-refractivity contribution in [2.75, 3.05) is 13.1 Å². The van der Waals surface area contributed by atoms with Crippen molar-refractivity contribution in [1.82, 2.24) is 9.88 Å². The fourth-order valence-corrected chi connectivity index (χ4v) is 3.88. The van der Waals surface area contributed by atoms with E-state index in [9.17, 15) is 4.79 Å². The predicted molar refractivity (Wildman–Crippen MR) is 112 cm³/mol. The van der Waals surface area contributed by atoms with Crippen molar-refractivity contribution in [2.45, 2.75) is 33.1 Å². The van der Waals surface area contributed by atoms with E-state index in [0.717, 1.165) is 19.4 Å². The van der Waals surface area contributed by atoms with Crippen LogP contribution in [0.4, 0.5) is 0 Å². The van der Waals surface area contributed by atoms with Crippen LogP contribution in [0.15, 0.2) is 54.7 Å². The summed E-state index contributed by atoms with van der Waals surface area (Å²) in [6.45, 7) is 5.73. The van der Waals surface area contributed by atoms with Gasteiger partial charge in [0.05, 0.1) is 0 Å². The number of benzene rings is 2. The van der Waals surface area contributed by atoms with Gasteiger partial charge in [-0.15, -0.1) is 0 Å². The molecule has 0 saturated carbocycles. The lowest BCUT2D eigenvalue weighted by Gasteiger charge is -2.26. The summed E-state index contributed by atoms with van der Waals surface area (Å²) < 4.78 is 0. The van der Waals surface area contributed by atoms with Gasteiger partial charge < -0.3 is 9.88 Å². The largest absolute Gasteiger partial charge is 0.360 e. The van der Waals surface area contributed by atoms with Gasteiger partial charge in [0.2, 0.25) is 5.91 Å². The molecule has 0 aliphatic carbocycles. The quantitative estimate of drug-likeness (QED) is 0.697. The minimum absolute atomic E-state index is 0.251. The first-order chi connectivity index (χ1) is 13.1. The number of carbonyl (C=O) groups is 1. The van der Waals surface area contributed by atoms with Crippen LogP contribution in [-0.4, -0.2) is 28.9 Å². The number of carbonyl (C=O) groups excluding carboxylic acids is 1. The molecular formula is C24H26N2O. The summed E-state index contributed by atoms with van der Waals surface area (Å²) in [6.07, 6.45) is 6.64. The van der Waals surface area contributed by atoms with Crippen molar-refractivity contribution in [2.24, 2.45) is 0 Å². The molecule has 3 nitrogen and oxygen atoms in total. The molecule has 0 radical (unpaired) electrons. The van der Waals surface area contributed by atoms with E-state index in [1.54, 1.807) is 0 Å². The molecule has 1 aliphatic heterocycles. The van der Waals surface area contributed by atoms with Crippen LogP contribution in [0.25, 0.3) is 16.5 Å². The summed E-state index contributed by atoms with van der Waals surface area (Å²) in [6, 6.07) is 14.9. The Labute approximate surface area is 160 Å². The van der Waals surface area contributed by atoms with Gasteiger partial charge in [-0.05, 0) is 43.4 Å². The van der Waals surface area contributed by atoms with Crippen LogP contribution in [0.1, 0.15) is 35.1 Å². The van der Waals surface area contributed by atoms with Gasteiger partial charge in [-0.25, -0.2) is 0 Å². The number of fused-ring (bicyclic) bond motifs is 1. The summed E-state index contributed by atoms with van der Waals surface area (Å²) in [5, 5.41) is 1.28. The third-order valence-electron chi connectivity index (χ3n) is 5.58. The molecule has 1 aliphatic rings. The first-order valence-electron chi connectivity index (χ1n) is 9.71. The number of para-hydroxylation sites is 1. The van der Waals surface area contributed by atoms with Crippen molar-refractivity contribution in [3.8, 4) is 0 Å². The average molecular weight is 358 g/mol. The summed E-state index contributed by atoms with van der Waals surface area (Å²) in [5.41, 5.74) is 7.59. The SMILES string of the molecule is Cc1ccc(CCC(=O)N2CC=C(c3c[nH]c4c(C)cccc34)CC2)cc1. The van der Waals surface area contributed by atoms with Crippen molar-refractivity contribution in [1.29, 1.82) is 0 Å². The molecule has 4 rings (SSSR count). The number of aromatic amines is 1. The normalized spacial score (nSPS) is 14.4. The number of nitrogens with zero attached hydrogens (tertiary/aromatic N) is 1. The number of hydrogen-bond donors (Lipinski definition) is 1. The van der Waals surface area contributed by atoms with E-state index in [1.165, 1.54) is 38.7 Å². The second-order valence-electron chi connectivity index (χ2n) is 7.50. The molecule has 1 N–H and O–H groups in total. The number of aromatic nitrogens is 1. The van der Waals surface area contributed by atoms with Crippen LogP contribution in [0.3, 0.4) is 0 Å². The molecule has 0 saturated heterocycles. The first-order valence-corrected chi connectivity index (χ1v) is 9.71. The highest BCUT2D eigenvalue weighted by Crippen LogP contribution is 2.30. The minimum Gasteiger partial charge on any atom is -0.360 e. The van der Waals surface area contributed by atoms with Gasteiger partial charge in [0.1, 0.15) is 0 Å². The zero-order valence-electron chi connectivity index (χ0n) is 16.1. The molecule has 138 valence electrons. The van der Waals surface area contributed by atoms with E-state index in [2.05, 4.69) is 73.6 Å². The molecule has 0 unspecified atom stereocenters. The highest BCUT2D eigenvalue weighted by Gasteiger charge is 2.19. The van der Waals surface area contributed by atoms with Gasteiger partial charge in [-0.1, -0.05) is 54.1 Å². The van der Waals surface area contributed by atoms with E-state index in [4.69, 9.17) is 0 Å². The van der Waals surface area contributed by atoms with Crippen LogP contribution in [0.2, 0.25) is 0 Å². The fourth-order valence-electron chi connectivity index (χ4n) is 3.88. The van der Waals surface area contributed by atoms with Crippen LogP contribution < -0.4 is 0 Å². The minimum atomic E-state index is 0.251. The zero-order valence-corrected chi connectivity index (χ0v) is 16.1. The zero-order chi connectivity index (χ0) is 18.8. The molecule has 0 bridgehead atoms. The molecular weight excluding hydrogens is 332 g/mol. The fraction of sp³-hybridized carbons (Fsp3) is 0.292. The molecule has 2 heterocycles. The molecule has 0 atom stereocenters. The predicted octanol–water partition coefficient (Wildman–Crippen LogP) is 5.03. The summed E-state index contributed by atoms with van der Waals surface area (Å²) in [7, 11) is 0. The van der Waals surface area contributed by atoms with Crippen molar-refractivity contribution >= 4 is 22.4 Å². The van der Waals surface area contributed by atoms with E-state index in [1.807, 2.05) is 4.90 Å². The third kappa shape index (κ3) is 3.68. The summed E-state index contributed by atoms with van der Waals surface area (Å²) in [5.74, 6) is 0.251. The maximum absolute atomic E-state index is 12.6. The lowest BCUT2D eigenvalue weighted by molar-refractivity contribution is -0.130. The third-order valence-corrected chi connectivity index (χ3v) is 5.58. The number of amides is 1. The Morgan fingerprint density at radius 3 is 2.67 bits per heavy atom. The molecule has 0 spiro atoms. The number of H-pyrrole nitrogens is 1. The topological polar surface area (TPSA) is 36.1 Å². The molecule has 3 heteroatoms. The van der Waals surface area contributed by atoms with Crippen molar-refractivity contribution in [3.63, 3.8) is 0 Å². The highest BCUT2D eigenvalue weighted by molar-refractivity contribution is 5.94. The lowest BCUT2D eigenvalue weighted by atomic mass is 9.98. The Bertz CT molecular complexity index is 995. The molecule has 3 aromatic rings. The molecule has 1 aromatic heterocycles. The maximum atomic E-state index is 12.6. The summed E-state index contributed by atoms with van der Waals surface area (Å²) >= 11 is 0. The first kappa shape index (κ1) is 17.6. The van der Waals surface area contributed by atoms with E-state index >= 15 is 0 Å². The van der Waals surface area contributed by atoms with Crippen LogP contribution in [0, 0.1) is 13.8 Å². The van der Waals surface area contributed by atoms with Gasteiger partial charge in [0.15, 0.2) is 0 Å². The number of nitrogens with one attached hydrogen (secondary N) is 1. The number of rotatable bonds is 4. The van der Waals surface area contributed by atoms with E-state index in [0.29, 0.717) is 13.0 Å². The van der Waals surface area contributed by atoms with Gasteiger partial charge in [0.25, 0.3) is 0 Å². The molecule has 1 amide bonds. The second-order valence-corrected chi connectivity index (χ2v) is 7.50. The Hall–Kier alpha value is -2.81. The standard InChI is InChI=1S/C24H26N2O/c1-17-6-8-19(9-7-17)10-11-23(27)26-14-12-20(13-15-26)22-16-25-24-18(2)4-3-5-21(22)24/h3-9,12,16,25H,10-11,13-15H2,1-2H3. The smallest absolute Gasteiger partial charge is 0.223 e. The Morgan fingerprint density at radius 2 is 1.93 bits per heavy atom. The number of hydrogen-bond acceptors (Lipinski definition) is 1. The Balaban J connectivity index is 1.41. The van der Waals surface area contributed by atoms with Crippen LogP contribution in [-0.2, 0) is 11.2 Å². The van der Waals surface area contributed by atoms with Crippen LogP contribution >= 0.6 is 0 Å². The summed E-state index contributed by atoms with van der Waals surface area (Å²) in [4.78, 5) is 18.0. The van der Waals surface area contributed by atoms with Crippen LogP contribution in [0.5, 0.6) is 0 Å². The highest BCUT2D eigenvalue weighted by atomic mass is 16.2. The van der Waals surface area contributed by atoms with Gasteiger partial charge in [0, 0.05) is 42.2 Å². The van der Waals surface area contributed by atoms with Crippen molar-refractivity contribution in [3.05, 3.63) is 77.0 Å². The molecule has 2 aromatic carbocycles. The molecule has 27 heavy (non-hydrogen) atoms. The van der Waals surface area contributed by atoms with Gasteiger partial charge in [-0.2, -0.15) is 0 Å². The molecule has 0 fully saturated rings. The maximum Gasteiger partial charge on any atom is 0.223 e. The van der Waals surface area contributed by atoms with E-state index < -0.39 is 0 Å². The van der Waals surface area contributed by atoms with E-state index in [-0.39, 0.29) is 5.91 Å². The van der Waals surface area contributed by atoms with Gasteiger partial charge >= 0.3 is 0 Å². The Kier molecular flexibility index (Phi) is 4.85. The lowest BCUT2D eigenvalue weighted by Crippen LogP contribution is -2.34.